The number of carbonyl (C=O) groups excluding carboxylic acids is 2. The lowest BCUT2D eigenvalue weighted by Crippen LogP contribution is -2.14. The molecule has 0 aliphatic rings. The van der Waals surface area contributed by atoms with Gasteiger partial charge in [0.05, 0.1) is 5.69 Å². The highest BCUT2D eigenvalue weighted by Crippen LogP contribution is 2.22. The van der Waals surface area contributed by atoms with Crippen LogP contribution in [0.5, 0.6) is 0 Å². The number of aryl methyl sites for hydroxylation is 3. The molecule has 0 fully saturated rings. The van der Waals surface area contributed by atoms with Crippen molar-refractivity contribution in [1.82, 2.24) is 0 Å². The van der Waals surface area contributed by atoms with E-state index in [-0.39, 0.29) is 30.2 Å². The average molecular weight is 319 g/mol. The molecule has 22 heavy (non-hydrogen) atoms. The van der Waals surface area contributed by atoms with Crippen molar-refractivity contribution < 1.29 is 14.0 Å². The van der Waals surface area contributed by atoms with Crippen molar-refractivity contribution in [3.05, 3.63) is 51.0 Å². The summed E-state index contributed by atoms with van der Waals surface area (Å²) in [6, 6.07) is 6.45. The van der Waals surface area contributed by atoms with Crippen molar-refractivity contribution in [1.29, 1.82) is 0 Å². The molecule has 0 saturated heterocycles. The highest BCUT2D eigenvalue weighted by atomic mass is 32.1. The molecule has 2 aromatic rings. The zero-order valence-electron chi connectivity index (χ0n) is 12.8. The highest BCUT2D eigenvalue weighted by molar-refractivity contribution is 7.12. The Morgan fingerprint density at radius 1 is 1.14 bits per heavy atom. The number of ketones is 1. The maximum atomic E-state index is 13.6. The van der Waals surface area contributed by atoms with Crippen molar-refractivity contribution >= 4 is 28.7 Å². The van der Waals surface area contributed by atoms with Gasteiger partial charge >= 0.3 is 0 Å². The van der Waals surface area contributed by atoms with Crippen LogP contribution in [0.15, 0.2) is 24.3 Å². The maximum Gasteiger partial charge on any atom is 0.224 e. The largest absolute Gasteiger partial charge is 0.324 e. The number of amides is 1. The Labute approximate surface area is 133 Å². The molecule has 0 unspecified atom stereocenters. The number of Topliss-reactive ketones (excluding diaryl/α,β-unsaturated/α-hetero) is 1. The molecular weight excluding hydrogens is 301 g/mol. The molecule has 0 bridgehead atoms. The average Bonchev–Trinajstić information content (AvgIpc) is 2.78. The number of thiophene rings is 1. The van der Waals surface area contributed by atoms with E-state index in [0.717, 1.165) is 15.3 Å². The second kappa shape index (κ2) is 6.83. The fourth-order valence-electron chi connectivity index (χ4n) is 2.20. The Bertz CT molecular complexity index is 721. The monoisotopic (exact) mass is 319 g/mol. The zero-order valence-corrected chi connectivity index (χ0v) is 13.6. The van der Waals surface area contributed by atoms with Gasteiger partial charge in [-0.3, -0.25) is 9.59 Å². The number of benzene rings is 1. The molecule has 116 valence electrons. The highest BCUT2D eigenvalue weighted by Gasteiger charge is 2.14. The third-order valence-corrected chi connectivity index (χ3v) is 4.29. The number of rotatable bonds is 5. The van der Waals surface area contributed by atoms with E-state index in [9.17, 15) is 14.0 Å². The van der Waals surface area contributed by atoms with E-state index in [4.69, 9.17) is 0 Å². The van der Waals surface area contributed by atoms with Gasteiger partial charge < -0.3 is 5.32 Å². The molecule has 1 aromatic heterocycles. The predicted octanol–water partition coefficient (Wildman–Crippen LogP) is 4.41. The summed E-state index contributed by atoms with van der Waals surface area (Å²) in [6.45, 7) is 5.62. The first-order valence-corrected chi connectivity index (χ1v) is 7.84. The predicted molar refractivity (Wildman–Crippen MR) is 87.1 cm³/mol. The summed E-state index contributed by atoms with van der Waals surface area (Å²) in [4.78, 5) is 26.0. The van der Waals surface area contributed by atoms with Crippen LogP contribution < -0.4 is 5.32 Å². The van der Waals surface area contributed by atoms with Crippen molar-refractivity contribution in [2.75, 3.05) is 5.32 Å². The van der Waals surface area contributed by atoms with Crippen molar-refractivity contribution in [2.24, 2.45) is 0 Å². The molecule has 0 radical (unpaired) electrons. The second-order valence-corrected chi connectivity index (χ2v) is 6.74. The van der Waals surface area contributed by atoms with Gasteiger partial charge in [-0.1, -0.05) is 6.07 Å². The molecule has 0 spiro atoms. The number of halogens is 1. The minimum atomic E-state index is -0.469. The smallest absolute Gasteiger partial charge is 0.224 e. The summed E-state index contributed by atoms with van der Waals surface area (Å²) in [6.07, 6.45) is 0.164. The van der Waals surface area contributed by atoms with E-state index >= 15 is 0 Å². The van der Waals surface area contributed by atoms with Gasteiger partial charge in [-0.15, -0.1) is 11.3 Å². The molecule has 1 heterocycles. The van der Waals surface area contributed by atoms with E-state index in [1.807, 2.05) is 19.9 Å². The lowest BCUT2D eigenvalue weighted by molar-refractivity contribution is -0.116. The number of nitrogens with one attached hydrogen (secondary N) is 1. The van der Waals surface area contributed by atoms with E-state index in [1.165, 1.54) is 12.1 Å². The minimum Gasteiger partial charge on any atom is -0.324 e. The first kappa shape index (κ1) is 16.4. The van der Waals surface area contributed by atoms with Gasteiger partial charge in [0.1, 0.15) is 5.82 Å². The second-order valence-electron chi connectivity index (χ2n) is 5.28. The molecule has 0 saturated carbocycles. The van der Waals surface area contributed by atoms with Crippen LogP contribution in [0.3, 0.4) is 0 Å². The van der Waals surface area contributed by atoms with Gasteiger partial charge in [0, 0.05) is 28.2 Å². The lowest BCUT2D eigenvalue weighted by Gasteiger charge is -2.07. The van der Waals surface area contributed by atoms with Crippen LogP contribution in [0.25, 0.3) is 0 Å². The van der Waals surface area contributed by atoms with E-state index < -0.39 is 5.82 Å². The standard InChI is InChI=1S/C17H18FNO2S/c1-10-4-5-15(14(18)8-10)19-17(21)7-6-16(20)13-9-11(2)22-12(13)3/h4-5,8-9H,6-7H2,1-3H3,(H,19,21). The maximum absolute atomic E-state index is 13.6. The van der Waals surface area contributed by atoms with Crippen LogP contribution in [-0.2, 0) is 4.79 Å². The fraction of sp³-hybridized carbons (Fsp3) is 0.294. The van der Waals surface area contributed by atoms with Crippen LogP contribution in [0.2, 0.25) is 0 Å². The summed E-state index contributed by atoms with van der Waals surface area (Å²) in [5.41, 5.74) is 1.61. The van der Waals surface area contributed by atoms with Gasteiger partial charge in [0.25, 0.3) is 0 Å². The Morgan fingerprint density at radius 2 is 1.86 bits per heavy atom. The van der Waals surface area contributed by atoms with Crippen molar-refractivity contribution in [3.63, 3.8) is 0 Å². The summed E-state index contributed by atoms with van der Waals surface area (Å²) in [5, 5.41) is 2.50. The fourth-order valence-corrected chi connectivity index (χ4v) is 3.15. The Kier molecular flexibility index (Phi) is 5.08. The molecule has 0 atom stereocenters. The molecule has 1 N–H and O–H groups in total. The molecular formula is C17H18FNO2S. The van der Waals surface area contributed by atoms with Crippen molar-refractivity contribution in [3.8, 4) is 0 Å². The van der Waals surface area contributed by atoms with Crippen LogP contribution in [0, 0.1) is 26.6 Å². The van der Waals surface area contributed by atoms with Gasteiger partial charge in [0.15, 0.2) is 5.78 Å². The number of hydrogen-bond donors (Lipinski definition) is 1. The summed E-state index contributed by atoms with van der Waals surface area (Å²) in [5.74, 6) is -0.883. The molecule has 2 rings (SSSR count). The molecule has 3 nitrogen and oxygen atoms in total. The van der Waals surface area contributed by atoms with Gasteiger partial charge in [-0.25, -0.2) is 4.39 Å². The molecule has 5 heteroatoms. The third kappa shape index (κ3) is 4.01. The first-order valence-electron chi connectivity index (χ1n) is 7.03. The number of hydrogen-bond acceptors (Lipinski definition) is 3. The van der Waals surface area contributed by atoms with Crippen molar-refractivity contribution in [2.45, 2.75) is 33.6 Å². The van der Waals surface area contributed by atoms with Crippen LogP contribution in [0.1, 0.15) is 38.5 Å². The van der Waals surface area contributed by atoms with E-state index in [2.05, 4.69) is 5.32 Å². The Balaban J connectivity index is 1.92. The summed E-state index contributed by atoms with van der Waals surface area (Å²) in [7, 11) is 0. The third-order valence-electron chi connectivity index (χ3n) is 3.32. The molecule has 0 aliphatic heterocycles. The zero-order chi connectivity index (χ0) is 16.3. The van der Waals surface area contributed by atoms with Gasteiger partial charge in [-0.05, 0) is 44.5 Å². The van der Waals surface area contributed by atoms with Crippen LogP contribution >= 0.6 is 11.3 Å². The minimum absolute atomic E-state index is 0.0421. The Hall–Kier alpha value is -2.01. The number of anilines is 1. The Morgan fingerprint density at radius 3 is 2.45 bits per heavy atom. The van der Waals surface area contributed by atoms with Crippen LogP contribution in [0.4, 0.5) is 10.1 Å². The topological polar surface area (TPSA) is 46.2 Å². The van der Waals surface area contributed by atoms with E-state index in [1.54, 1.807) is 24.3 Å². The van der Waals surface area contributed by atoms with Crippen LogP contribution in [-0.4, -0.2) is 11.7 Å². The molecule has 1 aromatic carbocycles. The first-order chi connectivity index (χ1) is 10.4. The van der Waals surface area contributed by atoms with Gasteiger partial charge in [-0.2, -0.15) is 0 Å². The SMILES string of the molecule is Cc1ccc(NC(=O)CCC(=O)c2cc(C)sc2C)c(F)c1. The summed E-state index contributed by atoms with van der Waals surface area (Å²) >= 11 is 1.57. The normalized spacial score (nSPS) is 10.5. The molecule has 0 aliphatic carbocycles. The quantitative estimate of drug-likeness (QED) is 0.830. The van der Waals surface area contributed by atoms with Gasteiger partial charge in [0.2, 0.25) is 5.91 Å². The molecule has 1 amide bonds. The number of carbonyl (C=O) groups is 2. The summed E-state index contributed by atoms with van der Waals surface area (Å²) < 4.78 is 13.6. The van der Waals surface area contributed by atoms with E-state index in [0.29, 0.717) is 5.56 Å². The lowest BCUT2D eigenvalue weighted by atomic mass is 10.1.